The summed E-state index contributed by atoms with van der Waals surface area (Å²) < 4.78 is 0. The summed E-state index contributed by atoms with van der Waals surface area (Å²) in [6.07, 6.45) is 0. The van der Waals surface area contributed by atoms with E-state index in [0.29, 0.717) is 6.54 Å². The van der Waals surface area contributed by atoms with Crippen LogP contribution in [0.5, 0.6) is 0 Å². The summed E-state index contributed by atoms with van der Waals surface area (Å²) in [4.78, 5) is 13.1. The Hall–Kier alpha value is -0.610. The first-order valence-corrected chi connectivity index (χ1v) is 4.10. The average Bonchev–Trinajstić information content (AvgIpc) is 2.00. The molecule has 12 heavy (non-hydrogen) atoms. The van der Waals surface area contributed by atoms with Gasteiger partial charge in [0.2, 0.25) is 5.91 Å². The first-order chi connectivity index (χ1) is 5.49. The van der Waals surface area contributed by atoms with Crippen LogP contribution in [0.15, 0.2) is 0 Å². The van der Waals surface area contributed by atoms with Crippen LogP contribution in [0, 0.1) is 0 Å². The third-order valence-corrected chi connectivity index (χ3v) is 2.59. The Kier molecular flexibility index (Phi) is 2.39. The Bertz CT molecular complexity index is 191. The Labute approximate surface area is 72.6 Å². The molecule has 0 aromatic carbocycles. The molecule has 4 nitrogen and oxygen atoms in total. The van der Waals surface area contributed by atoms with Crippen LogP contribution in [0.25, 0.3) is 0 Å². The van der Waals surface area contributed by atoms with Crippen LogP contribution < -0.4 is 5.32 Å². The lowest BCUT2D eigenvalue weighted by Crippen LogP contribution is -2.65. The highest BCUT2D eigenvalue weighted by molar-refractivity contribution is 5.82. The molecule has 70 valence electrons. The van der Waals surface area contributed by atoms with Crippen LogP contribution in [-0.2, 0) is 4.79 Å². The Morgan fingerprint density at radius 2 is 2.33 bits per heavy atom. The molecule has 0 spiro atoms. The maximum absolute atomic E-state index is 11.2. The second kappa shape index (κ2) is 3.03. The van der Waals surface area contributed by atoms with Gasteiger partial charge in [-0.15, -0.1) is 0 Å². The molecule has 1 aliphatic rings. The highest BCUT2D eigenvalue weighted by Crippen LogP contribution is 2.18. The number of carbonyl (C=O) groups excluding carboxylic acids is 1. The molecule has 1 saturated heterocycles. The van der Waals surface area contributed by atoms with Gasteiger partial charge in [0.1, 0.15) is 6.04 Å². The summed E-state index contributed by atoms with van der Waals surface area (Å²) in [5.41, 5.74) is -0.0681. The number of aliphatic hydroxyl groups excluding tert-OH is 1. The summed E-state index contributed by atoms with van der Waals surface area (Å²) in [7, 11) is 1.86. The first kappa shape index (κ1) is 9.48. The van der Waals surface area contributed by atoms with Crippen molar-refractivity contribution < 1.29 is 9.90 Å². The second-order valence-electron chi connectivity index (χ2n) is 3.84. The van der Waals surface area contributed by atoms with Gasteiger partial charge in [-0.05, 0) is 20.9 Å². The summed E-state index contributed by atoms with van der Waals surface area (Å²) in [5.74, 6) is -0.0840. The fraction of sp³-hybridized carbons (Fsp3) is 0.875. The minimum absolute atomic E-state index is 0.0681. The summed E-state index contributed by atoms with van der Waals surface area (Å²) in [6, 6.07) is -0.395. The van der Waals surface area contributed by atoms with Gasteiger partial charge >= 0.3 is 0 Å². The van der Waals surface area contributed by atoms with Crippen LogP contribution in [0.2, 0.25) is 0 Å². The largest absolute Gasteiger partial charge is 0.394 e. The number of hydrogen-bond donors (Lipinski definition) is 2. The molecule has 2 N–H and O–H groups in total. The van der Waals surface area contributed by atoms with E-state index in [4.69, 9.17) is 5.11 Å². The molecule has 0 saturated carbocycles. The van der Waals surface area contributed by atoms with Gasteiger partial charge in [0.05, 0.1) is 6.61 Å². The van der Waals surface area contributed by atoms with Crippen molar-refractivity contribution in [1.82, 2.24) is 10.2 Å². The van der Waals surface area contributed by atoms with E-state index in [-0.39, 0.29) is 18.1 Å². The number of rotatable bonds is 1. The van der Waals surface area contributed by atoms with E-state index >= 15 is 0 Å². The Morgan fingerprint density at radius 1 is 1.75 bits per heavy atom. The molecule has 1 rings (SSSR count). The number of hydrogen-bond acceptors (Lipinski definition) is 3. The molecule has 1 fully saturated rings. The standard InChI is InChI=1S/C8H16N2O2/c1-8(2)5-9-7(12)6(4-11)10(8)3/h6,11H,4-5H2,1-3H3,(H,9,12). The van der Waals surface area contributed by atoms with Crippen LogP contribution in [0.3, 0.4) is 0 Å². The number of carbonyl (C=O) groups is 1. The average molecular weight is 172 g/mol. The van der Waals surface area contributed by atoms with E-state index in [1.165, 1.54) is 0 Å². The molecule has 1 atom stereocenters. The minimum atomic E-state index is -0.395. The molecular formula is C8H16N2O2. The van der Waals surface area contributed by atoms with Gasteiger partial charge < -0.3 is 10.4 Å². The SMILES string of the molecule is CN1C(CO)C(=O)NCC1(C)C. The Morgan fingerprint density at radius 3 is 2.75 bits per heavy atom. The smallest absolute Gasteiger partial charge is 0.239 e. The molecule has 1 heterocycles. The van der Waals surface area contributed by atoms with E-state index in [0.717, 1.165) is 0 Å². The lowest BCUT2D eigenvalue weighted by molar-refractivity contribution is -0.134. The normalized spacial score (nSPS) is 30.0. The molecule has 0 aromatic rings. The van der Waals surface area contributed by atoms with Crippen molar-refractivity contribution >= 4 is 5.91 Å². The predicted molar refractivity (Wildman–Crippen MR) is 45.7 cm³/mol. The molecule has 0 aliphatic carbocycles. The molecule has 1 aliphatic heterocycles. The minimum Gasteiger partial charge on any atom is -0.394 e. The number of nitrogens with zero attached hydrogens (tertiary/aromatic N) is 1. The first-order valence-electron chi connectivity index (χ1n) is 4.10. The van der Waals surface area contributed by atoms with Crippen LogP contribution in [0.4, 0.5) is 0 Å². The quantitative estimate of drug-likeness (QED) is 0.544. The molecule has 1 unspecified atom stereocenters. The van der Waals surface area contributed by atoms with Crippen molar-refractivity contribution in [2.75, 3.05) is 20.2 Å². The fourth-order valence-corrected chi connectivity index (χ4v) is 1.35. The molecule has 0 aromatic heterocycles. The molecule has 1 amide bonds. The van der Waals surface area contributed by atoms with Crippen molar-refractivity contribution in [3.8, 4) is 0 Å². The van der Waals surface area contributed by atoms with E-state index in [9.17, 15) is 4.79 Å². The number of aliphatic hydroxyl groups is 1. The van der Waals surface area contributed by atoms with E-state index in [2.05, 4.69) is 5.32 Å². The monoisotopic (exact) mass is 172 g/mol. The van der Waals surface area contributed by atoms with Gasteiger partial charge in [0, 0.05) is 12.1 Å². The van der Waals surface area contributed by atoms with Crippen LogP contribution in [-0.4, -0.2) is 47.7 Å². The molecule has 0 bridgehead atoms. The highest BCUT2D eigenvalue weighted by Gasteiger charge is 2.37. The summed E-state index contributed by atoms with van der Waals surface area (Å²) in [6.45, 7) is 4.59. The predicted octanol–water partition coefficient (Wildman–Crippen LogP) is -0.812. The molecule has 4 heteroatoms. The van der Waals surface area contributed by atoms with E-state index in [1.54, 1.807) is 0 Å². The third kappa shape index (κ3) is 1.44. The van der Waals surface area contributed by atoms with Gasteiger partial charge in [-0.1, -0.05) is 0 Å². The molecule has 0 radical (unpaired) electrons. The summed E-state index contributed by atoms with van der Waals surface area (Å²) in [5, 5.41) is 11.7. The Balaban J connectivity index is 2.77. The second-order valence-corrected chi connectivity index (χ2v) is 3.84. The summed E-state index contributed by atoms with van der Waals surface area (Å²) >= 11 is 0. The zero-order chi connectivity index (χ0) is 9.35. The number of piperazine rings is 1. The lowest BCUT2D eigenvalue weighted by Gasteiger charge is -2.44. The maximum atomic E-state index is 11.2. The number of nitrogens with one attached hydrogen (secondary N) is 1. The van der Waals surface area contributed by atoms with Crippen LogP contribution >= 0.6 is 0 Å². The van der Waals surface area contributed by atoms with E-state index < -0.39 is 6.04 Å². The number of amides is 1. The van der Waals surface area contributed by atoms with Gasteiger partial charge in [-0.2, -0.15) is 0 Å². The fourth-order valence-electron chi connectivity index (χ4n) is 1.35. The van der Waals surface area contributed by atoms with Crippen LogP contribution in [0.1, 0.15) is 13.8 Å². The van der Waals surface area contributed by atoms with Gasteiger partial charge in [-0.25, -0.2) is 0 Å². The lowest BCUT2D eigenvalue weighted by atomic mass is 9.97. The van der Waals surface area contributed by atoms with Gasteiger partial charge in [0.25, 0.3) is 0 Å². The van der Waals surface area contributed by atoms with E-state index in [1.807, 2.05) is 25.8 Å². The van der Waals surface area contributed by atoms with Gasteiger partial charge in [0.15, 0.2) is 0 Å². The topological polar surface area (TPSA) is 52.6 Å². The van der Waals surface area contributed by atoms with Crippen molar-refractivity contribution in [3.05, 3.63) is 0 Å². The van der Waals surface area contributed by atoms with Crippen molar-refractivity contribution in [2.24, 2.45) is 0 Å². The molecular weight excluding hydrogens is 156 g/mol. The third-order valence-electron chi connectivity index (χ3n) is 2.59. The zero-order valence-electron chi connectivity index (χ0n) is 7.79. The van der Waals surface area contributed by atoms with Crippen molar-refractivity contribution in [1.29, 1.82) is 0 Å². The zero-order valence-corrected chi connectivity index (χ0v) is 7.79. The maximum Gasteiger partial charge on any atom is 0.239 e. The van der Waals surface area contributed by atoms with Gasteiger partial charge in [-0.3, -0.25) is 9.69 Å². The van der Waals surface area contributed by atoms with Crippen molar-refractivity contribution in [2.45, 2.75) is 25.4 Å². The highest BCUT2D eigenvalue weighted by atomic mass is 16.3. The number of likely N-dealkylation sites (N-methyl/N-ethyl adjacent to an activating group) is 1. The van der Waals surface area contributed by atoms with Crippen molar-refractivity contribution in [3.63, 3.8) is 0 Å².